The Hall–Kier alpha value is -2.76. The summed E-state index contributed by atoms with van der Waals surface area (Å²) < 4.78 is 29.9. The van der Waals surface area contributed by atoms with Crippen LogP contribution in [0.3, 0.4) is 0 Å². The summed E-state index contributed by atoms with van der Waals surface area (Å²) in [5, 5.41) is 3.77. The lowest BCUT2D eigenvalue weighted by molar-refractivity contribution is 0.243. The van der Waals surface area contributed by atoms with Crippen LogP contribution in [0.5, 0.6) is 0 Å². The minimum absolute atomic E-state index is 0.201. The zero-order chi connectivity index (χ0) is 20.9. The van der Waals surface area contributed by atoms with Crippen molar-refractivity contribution in [3.63, 3.8) is 0 Å². The van der Waals surface area contributed by atoms with E-state index in [2.05, 4.69) is 34.8 Å². The van der Waals surface area contributed by atoms with Crippen molar-refractivity contribution >= 4 is 5.69 Å². The highest BCUT2D eigenvalue weighted by Gasteiger charge is 2.43. The van der Waals surface area contributed by atoms with Crippen LogP contribution in [0.1, 0.15) is 62.5 Å². The quantitative estimate of drug-likeness (QED) is 0.602. The van der Waals surface area contributed by atoms with Crippen LogP contribution >= 0.6 is 0 Å². The molecule has 1 N–H and O–H groups in total. The Kier molecular flexibility index (Phi) is 4.60. The third-order valence-electron chi connectivity index (χ3n) is 6.64. The van der Waals surface area contributed by atoms with Gasteiger partial charge in [-0.3, -0.25) is 4.57 Å². The lowest BCUT2D eigenvalue weighted by atomic mass is 9.72. The molecule has 1 fully saturated rings. The molecule has 0 radical (unpaired) electrons. The second-order valence-corrected chi connectivity index (χ2v) is 8.96. The van der Waals surface area contributed by atoms with Crippen LogP contribution in [0.15, 0.2) is 42.7 Å². The minimum Gasteiger partial charge on any atom is -0.371 e. The normalized spacial score (nSPS) is 22.6. The molecular weight excluding hydrogens is 382 g/mol. The average molecular weight is 408 g/mol. The van der Waals surface area contributed by atoms with E-state index in [9.17, 15) is 8.78 Å². The van der Waals surface area contributed by atoms with Crippen LogP contribution in [-0.2, 0) is 12.0 Å². The highest BCUT2D eigenvalue weighted by atomic mass is 19.1. The zero-order valence-electron chi connectivity index (χ0n) is 17.3. The Balaban J connectivity index is 1.44. The maximum atomic E-state index is 14.1. The smallest absolute Gasteiger partial charge is 0.161 e. The fourth-order valence-electron chi connectivity index (χ4n) is 5.09. The number of rotatable bonds is 3. The number of nitrogens with zero attached hydrogens (tertiary/aromatic N) is 3. The van der Waals surface area contributed by atoms with Crippen molar-refractivity contribution in [1.29, 1.82) is 0 Å². The third-order valence-corrected chi connectivity index (χ3v) is 6.64. The highest BCUT2D eigenvalue weighted by molar-refractivity contribution is 5.63. The first-order chi connectivity index (χ1) is 14.5. The number of hydrogen-bond donors (Lipinski definition) is 1. The zero-order valence-corrected chi connectivity index (χ0v) is 17.3. The number of aromatic nitrogens is 3. The topological polar surface area (TPSA) is 42.7 Å². The molecule has 2 aliphatic rings. The van der Waals surface area contributed by atoms with Crippen molar-refractivity contribution in [3.05, 3.63) is 71.4 Å². The molecule has 2 aromatic heterocycles. The molecule has 1 aliphatic heterocycles. The van der Waals surface area contributed by atoms with E-state index in [0.29, 0.717) is 17.9 Å². The molecule has 0 bridgehead atoms. The summed E-state index contributed by atoms with van der Waals surface area (Å²) in [7, 11) is 0. The van der Waals surface area contributed by atoms with E-state index in [1.807, 2.05) is 18.5 Å². The number of anilines is 1. The third kappa shape index (κ3) is 3.09. The first-order valence-electron chi connectivity index (χ1n) is 10.7. The summed E-state index contributed by atoms with van der Waals surface area (Å²) in [5.74, 6) is 1.87. The van der Waals surface area contributed by atoms with E-state index in [4.69, 9.17) is 4.98 Å². The molecule has 30 heavy (non-hydrogen) atoms. The van der Waals surface area contributed by atoms with Crippen molar-refractivity contribution < 1.29 is 8.78 Å². The van der Waals surface area contributed by atoms with E-state index in [-0.39, 0.29) is 23.1 Å². The molecule has 4 nitrogen and oxygen atoms in total. The van der Waals surface area contributed by atoms with Gasteiger partial charge in [-0.25, -0.2) is 18.7 Å². The average Bonchev–Trinajstić information content (AvgIpc) is 3.19. The molecular formula is C24H26F2N4. The highest BCUT2D eigenvalue weighted by Crippen LogP contribution is 2.47. The van der Waals surface area contributed by atoms with E-state index in [0.717, 1.165) is 48.7 Å². The van der Waals surface area contributed by atoms with Crippen LogP contribution in [0.25, 0.3) is 5.82 Å². The maximum absolute atomic E-state index is 14.1. The van der Waals surface area contributed by atoms with E-state index in [1.54, 1.807) is 0 Å². The molecule has 5 rings (SSSR count). The van der Waals surface area contributed by atoms with Crippen molar-refractivity contribution in [2.24, 2.45) is 5.92 Å². The summed E-state index contributed by atoms with van der Waals surface area (Å²) in [6.45, 7) is 4.30. The maximum Gasteiger partial charge on any atom is 0.161 e. The Bertz CT molecular complexity index is 1080. The van der Waals surface area contributed by atoms with Crippen molar-refractivity contribution in [2.45, 2.75) is 57.4 Å². The van der Waals surface area contributed by atoms with Gasteiger partial charge < -0.3 is 5.32 Å². The second kappa shape index (κ2) is 7.18. The molecule has 0 saturated heterocycles. The molecule has 1 saturated carbocycles. The number of fused-ring (bicyclic) bond motifs is 4. The molecule has 0 amide bonds. The first kappa shape index (κ1) is 19.2. The van der Waals surface area contributed by atoms with Gasteiger partial charge in [0, 0.05) is 12.1 Å². The predicted molar refractivity (Wildman–Crippen MR) is 113 cm³/mol. The monoisotopic (exact) mass is 408 g/mol. The van der Waals surface area contributed by atoms with Gasteiger partial charge in [0.25, 0.3) is 0 Å². The summed E-state index contributed by atoms with van der Waals surface area (Å²) in [4.78, 5) is 9.37. The van der Waals surface area contributed by atoms with Crippen LogP contribution in [0.4, 0.5) is 14.5 Å². The number of nitrogens with one attached hydrogen (secondary N) is 1. The van der Waals surface area contributed by atoms with Crippen molar-refractivity contribution in [3.8, 4) is 5.82 Å². The summed E-state index contributed by atoms with van der Waals surface area (Å²) in [6, 6.07) is 7.78. The molecule has 1 aliphatic carbocycles. The number of pyridine rings is 1. The number of imidazole rings is 1. The summed E-state index contributed by atoms with van der Waals surface area (Å²) in [5.41, 5.74) is 2.47. The largest absolute Gasteiger partial charge is 0.371 e. The van der Waals surface area contributed by atoms with Crippen molar-refractivity contribution in [1.82, 2.24) is 14.5 Å². The Morgan fingerprint density at radius 2 is 1.97 bits per heavy atom. The number of hydrogen-bond acceptors (Lipinski definition) is 3. The van der Waals surface area contributed by atoms with Gasteiger partial charge in [-0.1, -0.05) is 13.8 Å². The van der Waals surface area contributed by atoms with Gasteiger partial charge in [0.05, 0.1) is 23.1 Å². The Labute approximate surface area is 175 Å². The molecule has 3 aromatic rings. The standard InChI is InChI=1S/C24H26F2N4/c1-15(2)22-28-14-21-24(29-20-4-3-11-27-23(20)30(21)22)9-7-16(8-10-24)12-17-13-18(25)5-6-19(17)26/h3-6,11,13-16,29H,7-10,12H2,1-2H3. The van der Waals surface area contributed by atoms with Crippen LogP contribution < -0.4 is 5.32 Å². The lowest BCUT2D eigenvalue weighted by Crippen LogP contribution is -2.44. The molecule has 6 heteroatoms. The van der Waals surface area contributed by atoms with Gasteiger partial charge >= 0.3 is 0 Å². The lowest BCUT2D eigenvalue weighted by Gasteiger charge is -2.45. The fourth-order valence-corrected chi connectivity index (χ4v) is 5.09. The summed E-state index contributed by atoms with van der Waals surface area (Å²) in [6.07, 6.45) is 8.12. The van der Waals surface area contributed by atoms with Crippen LogP contribution in [0.2, 0.25) is 0 Å². The Morgan fingerprint density at radius 3 is 2.73 bits per heavy atom. The van der Waals surface area contributed by atoms with E-state index >= 15 is 0 Å². The van der Waals surface area contributed by atoms with Gasteiger partial charge in [-0.15, -0.1) is 0 Å². The van der Waals surface area contributed by atoms with E-state index in [1.165, 1.54) is 18.2 Å². The van der Waals surface area contributed by atoms with Crippen molar-refractivity contribution in [2.75, 3.05) is 5.32 Å². The van der Waals surface area contributed by atoms with Gasteiger partial charge in [0.15, 0.2) is 5.82 Å². The van der Waals surface area contributed by atoms with Gasteiger partial charge in [0.1, 0.15) is 17.5 Å². The second-order valence-electron chi connectivity index (χ2n) is 8.96. The molecule has 3 heterocycles. The molecule has 156 valence electrons. The molecule has 1 spiro atoms. The van der Waals surface area contributed by atoms with Crippen LogP contribution in [-0.4, -0.2) is 14.5 Å². The minimum atomic E-state index is -0.373. The molecule has 1 aromatic carbocycles. The molecule has 0 atom stereocenters. The SMILES string of the molecule is CC(C)c1ncc2n1-c1ncccc1NC21CCC(Cc2cc(F)ccc2F)CC1. The van der Waals surface area contributed by atoms with Gasteiger partial charge in [-0.2, -0.15) is 0 Å². The molecule has 0 unspecified atom stereocenters. The number of halogens is 2. The summed E-state index contributed by atoms with van der Waals surface area (Å²) >= 11 is 0. The van der Waals surface area contributed by atoms with Gasteiger partial charge in [0.2, 0.25) is 0 Å². The van der Waals surface area contributed by atoms with Gasteiger partial charge in [-0.05, 0) is 73.9 Å². The van der Waals surface area contributed by atoms with Crippen LogP contribution in [0, 0.1) is 17.6 Å². The Morgan fingerprint density at radius 1 is 1.17 bits per heavy atom. The predicted octanol–water partition coefficient (Wildman–Crippen LogP) is 5.72. The van der Waals surface area contributed by atoms with E-state index < -0.39 is 0 Å². The number of benzene rings is 1. The first-order valence-corrected chi connectivity index (χ1v) is 10.7. The fraction of sp³-hybridized carbons (Fsp3) is 0.417.